The lowest BCUT2D eigenvalue weighted by molar-refractivity contribution is -0.133. The summed E-state index contributed by atoms with van der Waals surface area (Å²) in [5.74, 6) is -1.47. The number of ketones is 3. The number of carbonyl (C=O) groups is 3. The highest BCUT2D eigenvalue weighted by Gasteiger charge is 2.44. The number of hydrogen-bond donors (Lipinski definition) is 2. The Hall–Kier alpha value is -1.72. The van der Waals surface area contributed by atoms with Gasteiger partial charge in [0.15, 0.2) is 0 Å². The Morgan fingerprint density at radius 1 is 1.29 bits per heavy atom. The monoisotopic (exact) mass is 408 g/mol. The summed E-state index contributed by atoms with van der Waals surface area (Å²) in [5.41, 5.74) is 0.284. The van der Waals surface area contributed by atoms with Gasteiger partial charge in [-0.2, -0.15) is 0 Å². The molecule has 5 nitrogen and oxygen atoms in total. The third-order valence-electron chi connectivity index (χ3n) is 6.85. The highest BCUT2D eigenvalue weighted by atomic mass is 35.5. The number of aliphatic hydroxyl groups excluding tert-OH is 2. The summed E-state index contributed by atoms with van der Waals surface area (Å²) in [4.78, 5) is 36.3. The number of hydrogen-bond acceptors (Lipinski definition) is 5. The smallest absolute Gasteiger partial charge is 0.233 e. The Bertz CT molecular complexity index is 804. The lowest BCUT2D eigenvalue weighted by Gasteiger charge is -2.45. The van der Waals surface area contributed by atoms with E-state index >= 15 is 0 Å². The van der Waals surface area contributed by atoms with Crippen LogP contribution in [0.3, 0.4) is 0 Å². The Morgan fingerprint density at radius 3 is 2.50 bits per heavy atom. The standard InChI is InChI=1S/C22H29ClO5/c1-11(6-8-15-20(27)18(23)13(3)19(26)21(15)28)17(25)10-22(5)12(2)7-9-16(24)14(22)4/h6,12,14,17,25,27H,7-10H2,1-5H3/b11-6+/t12-,14+,17-,22-/m0/s1. The van der Waals surface area contributed by atoms with Gasteiger partial charge in [-0.3, -0.25) is 14.4 Å². The van der Waals surface area contributed by atoms with Crippen molar-refractivity contribution in [2.24, 2.45) is 17.3 Å². The molecule has 0 radical (unpaired) electrons. The van der Waals surface area contributed by atoms with Gasteiger partial charge in [0.05, 0.1) is 16.7 Å². The second-order valence-electron chi connectivity index (χ2n) is 8.43. The van der Waals surface area contributed by atoms with Crippen LogP contribution in [0.25, 0.3) is 0 Å². The van der Waals surface area contributed by atoms with Crippen LogP contribution in [0.1, 0.15) is 60.3 Å². The molecule has 6 heteroatoms. The maximum Gasteiger partial charge on any atom is 0.233 e. The Labute approximate surface area is 171 Å². The van der Waals surface area contributed by atoms with Gasteiger partial charge in [-0.1, -0.05) is 38.4 Å². The Kier molecular flexibility index (Phi) is 6.72. The molecule has 0 heterocycles. The molecule has 0 amide bonds. The second kappa shape index (κ2) is 8.34. The summed E-state index contributed by atoms with van der Waals surface area (Å²) in [6, 6.07) is 0. The van der Waals surface area contributed by atoms with Gasteiger partial charge in [0.1, 0.15) is 11.5 Å². The van der Waals surface area contributed by atoms with E-state index in [9.17, 15) is 24.6 Å². The van der Waals surface area contributed by atoms with Gasteiger partial charge in [0.25, 0.3) is 0 Å². The van der Waals surface area contributed by atoms with Crippen molar-refractivity contribution in [2.75, 3.05) is 0 Å². The molecular formula is C22H29ClO5. The molecule has 0 bridgehead atoms. The zero-order chi connectivity index (χ0) is 21.4. The molecule has 2 aliphatic rings. The van der Waals surface area contributed by atoms with Crippen molar-refractivity contribution >= 4 is 29.0 Å². The van der Waals surface area contributed by atoms with Crippen LogP contribution in [0, 0.1) is 17.3 Å². The average Bonchev–Trinajstić information content (AvgIpc) is 2.66. The molecule has 0 unspecified atom stereocenters. The molecule has 0 spiro atoms. The molecular weight excluding hydrogens is 380 g/mol. The average molecular weight is 409 g/mol. The minimum absolute atomic E-state index is 0.00352. The van der Waals surface area contributed by atoms with E-state index in [0.29, 0.717) is 24.3 Å². The third-order valence-corrected chi connectivity index (χ3v) is 7.32. The van der Waals surface area contributed by atoms with E-state index < -0.39 is 17.7 Å². The molecule has 0 aromatic carbocycles. The number of allylic oxidation sites excluding steroid dienone is 4. The first-order valence-electron chi connectivity index (χ1n) is 9.67. The topological polar surface area (TPSA) is 91.7 Å². The number of aliphatic hydroxyl groups is 2. The molecule has 1 saturated carbocycles. The van der Waals surface area contributed by atoms with E-state index in [1.54, 1.807) is 13.0 Å². The van der Waals surface area contributed by atoms with E-state index in [-0.39, 0.29) is 45.5 Å². The molecule has 2 N–H and O–H groups in total. The van der Waals surface area contributed by atoms with Gasteiger partial charge in [0.2, 0.25) is 11.6 Å². The van der Waals surface area contributed by atoms with Gasteiger partial charge in [-0.15, -0.1) is 0 Å². The first kappa shape index (κ1) is 22.6. The summed E-state index contributed by atoms with van der Waals surface area (Å²) in [5, 5.41) is 20.7. The predicted octanol–water partition coefficient (Wildman–Crippen LogP) is 4.19. The van der Waals surface area contributed by atoms with Crippen LogP contribution in [0.5, 0.6) is 0 Å². The van der Waals surface area contributed by atoms with Crippen LogP contribution >= 0.6 is 11.6 Å². The molecule has 2 rings (SSSR count). The maximum atomic E-state index is 12.2. The van der Waals surface area contributed by atoms with Crippen LogP contribution in [0.4, 0.5) is 0 Å². The van der Waals surface area contributed by atoms with E-state index in [1.165, 1.54) is 6.92 Å². The van der Waals surface area contributed by atoms with Crippen molar-refractivity contribution in [3.8, 4) is 0 Å². The molecule has 0 aliphatic heterocycles. The SMILES string of the molecule is CC1=C(Cl)C(O)=C(C/C=C(\C)[C@@H](O)C[C@]2(C)[C@H](C)C(=O)CC[C@@H]2C)C(=O)C1=O. The lowest BCUT2D eigenvalue weighted by Crippen LogP contribution is -2.43. The normalized spacial score (nSPS) is 31.0. The zero-order valence-corrected chi connectivity index (χ0v) is 17.9. The van der Waals surface area contributed by atoms with Gasteiger partial charge in [0, 0.05) is 17.9 Å². The fourth-order valence-corrected chi connectivity index (χ4v) is 4.27. The van der Waals surface area contributed by atoms with Gasteiger partial charge in [-0.25, -0.2) is 0 Å². The van der Waals surface area contributed by atoms with Crippen LogP contribution in [0.2, 0.25) is 0 Å². The number of halogens is 1. The van der Waals surface area contributed by atoms with Crippen LogP contribution in [-0.4, -0.2) is 33.7 Å². The molecule has 0 aromatic rings. The molecule has 0 aromatic heterocycles. The molecule has 28 heavy (non-hydrogen) atoms. The van der Waals surface area contributed by atoms with Crippen molar-refractivity contribution in [3.05, 3.63) is 33.6 Å². The predicted molar refractivity (Wildman–Crippen MR) is 108 cm³/mol. The third kappa shape index (κ3) is 4.01. The lowest BCUT2D eigenvalue weighted by atomic mass is 9.59. The number of Topliss-reactive ketones (excluding diaryl/α,β-unsaturated/α-hetero) is 3. The van der Waals surface area contributed by atoms with Crippen molar-refractivity contribution < 1.29 is 24.6 Å². The van der Waals surface area contributed by atoms with E-state index in [4.69, 9.17) is 11.6 Å². The minimum Gasteiger partial charge on any atom is -0.506 e. The van der Waals surface area contributed by atoms with Crippen molar-refractivity contribution in [3.63, 3.8) is 0 Å². The second-order valence-corrected chi connectivity index (χ2v) is 8.81. The number of rotatable bonds is 5. The van der Waals surface area contributed by atoms with Crippen molar-refractivity contribution in [2.45, 2.75) is 66.4 Å². The first-order chi connectivity index (χ1) is 12.9. The quantitative estimate of drug-likeness (QED) is 0.404. The van der Waals surface area contributed by atoms with E-state index in [1.807, 2.05) is 13.8 Å². The fourth-order valence-electron chi connectivity index (χ4n) is 4.07. The van der Waals surface area contributed by atoms with Gasteiger partial charge >= 0.3 is 0 Å². The molecule has 154 valence electrons. The minimum atomic E-state index is -0.786. The Balaban J connectivity index is 2.18. The van der Waals surface area contributed by atoms with E-state index in [0.717, 1.165) is 6.42 Å². The summed E-state index contributed by atoms with van der Waals surface area (Å²) < 4.78 is 0. The summed E-state index contributed by atoms with van der Waals surface area (Å²) in [6.45, 7) is 9.22. The van der Waals surface area contributed by atoms with Crippen molar-refractivity contribution in [1.29, 1.82) is 0 Å². The summed E-state index contributed by atoms with van der Waals surface area (Å²) in [7, 11) is 0. The van der Waals surface area contributed by atoms with E-state index in [2.05, 4.69) is 6.92 Å². The molecule has 0 saturated heterocycles. The van der Waals surface area contributed by atoms with Crippen molar-refractivity contribution in [1.82, 2.24) is 0 Å². The summed E-state index contributed by atoms with van der Waals surface area (Å²) in [6.07, 6.45) is 2.68. The van der Waals surface area contributed by atoms with Gasteiger partial charge < -0.3 is 10.2 Å². The van der Waals surface area contributed by atoms with Crippen LogP contribution in [-0.2, 0) is 14.4 Å². The molecule has 1 fully saturated rings. The number of carbonyl (C=O) groups excluding carboxylic acids is 3. The maximum absolute atomic E-state index is 12.2. The Morgan fingerprint density at radius 2 is 1.89 bits per heavy atom. The summed E-state index contributed by atoms with van der Waals surface area (Å²) >= 11 is 5.94. The van der Waals surface area contributed by atoms with Gasteiger partial charge in [-0.05, 0) is 50.0 Å². The highest BCUT2D eigenvalue weighted by molar-refractivity contribution is 6.53. The highest BCUT2D eigenvalue weighted by Crippen LogP contribution is 2.47. The first-order valence-corrected chi connectivity index (χ1v) is 10.0. The van der Waals surface area contributed by atoms with Crippen LogP contribution in [0.15, 0.2) is 33.6 Å². The molecule has 4 atom stereocenters. The zero-order valence-electron chi connectivity index (χ0n) is 17.1. The van der Waals surface area contributed by atoms with Crippen LogP contribution < -0.4 is 0 Å². The largest absolute Gasteiger partial charge is 0.506 e. The fraction of sp³-hybridized carbons (Fsp3) is 0.591. The molecule has 2 aliphatic carbocycles.